The largest absolute Gasteiger partial charge is 1.00 e. The molecule has 0 radical (unpaired) electrons. The number of rotatable bonds is 7. The Bertz CT molecular complexity index is 548. The SMILES string of the molecule is O=C([O-])NCCCS(=O)(=O)C(F)(F)C(F)(F)C(F)(F)C(F)(F)F.[Na+]. The third kappa shape index (κ3) is 4.82. The van der Waals surface area contributed by atoms with Crippen molar-refractivity contribution in [1.29, 1.82) is 0 Å². The second-order valence-corrected chi connectivity index (χ2v) is 6.20. The summed E-state index contributed by atoms with van der Waals surface area (Å²) in [5.74, 6) is -16.6. The summed E-state index contributed by atoms with van der Waals surface area (Å²) in [5.41, 5.74) is 0. The van der Waals surface area contributed by atoms with Gasteiger partial charge in [-0.15, -0.1) is 0 Å². The molecule has 0 aromatic rings. The predicted molar refractivity (Wildman–Crippen MR) is 52.7 cm³/mol. The van der Waals surface area contributed by atoms with E-state index in [-0.39, 0.29) is 29.6 Å². The maximum Gasteiger partial charge on any atom is 1.00 e. The molecule has 1 amide bonds. The number of sulfone groups is 1. The van der Waals surface area contributed by atoms with E-state index in [9.17, 15) is 57.8 Å². The normalized spacial score (nSPS) is 14.0. The molecule has 0 aliphatic rings. The average molecular weight is 407 g/mol. The first-order chi connectivity index (χ1) is 9.92. The second kappa shape index (κ2) is 7.86. The van der Waals surface area contributed by atoms with E-state index in [0.717, 1.165) is 0 Å². The summed E-state index contributed by atoms with van der Waals surface area (Å²) in [5, 5.41) is 4.45. The van der Waals surface area contributed by atoms with E-state index in [4.69, 9.17) is 0 Å². The van der Waals surface area contributed by atoms with Crippen molar-refractivity contribution >= 4 is 15.9 Å². The van der Waals surface area contributed by atoms with Gasteiger partial charge >= 0.3 is 52.8 Å². The van der Waals surface area contributed by atoms with E-state index in [2.05, 4.69) is 0 Å². The molecule has 5 nitrogen and oxygen atoms in total. The molecule has 0 saturated carbocycles. The summed E-state index contributed by atoms with van der Waals surface area (Å²) in [7, 11) is -6.48. The molecule has 0 saturated heterocycles. The smallest absolute Gasteiger partial charge is 0.530 e. The number of hydrogen-bond acceptors (Lipinski definition) is 4. The van der Waals surface area contributed by atoms with Gasteiger partial charge < -0.3 is 15.2 Å². The van der Waals surface area contributed by atoms with Gasteiger partial charge in [-0.2, -0.15) is 39.5 Å². The molecule has 0 aliphatic carbocycles. The van der Waals surface area contributed by atoms with Crippen molar-refractivity contribution in [3.05, 3.63) is 0 Å². The van der Waals surface area contributed by atoms with Gasteiger partial charge in [0.15, 0.2) is 0 Å². The molecule has 1 N–H and O–H groups in total. The maximum atomic E-state index is 13.1. The van der Waals surface area contributed by atoms with Crippen LogP contribution in [0, 0.1) is 0 Å². The zero-order valence-corrected chi connectivity index (χ0v) is 14.4. The molecule has 0 fully saturated rings. The molecule has 0 aromatic heterocycles. The number of halogens is 9. The molecular formula is C8H7F9NNaO4S. The molecule has 0 atom stereocenters. The molecule has 0 aromatic carbocycles. The van der Waals surface area contributed by atoms with E-state index in [0.29, 0.717) is 0 Å². The van der Waals surface area contributed by atoms with Crippen molar-refractivity contribution < 1.29 is 87.4 Å². The van der Waals surface area contributed by atoms with Crippen LogP contribution in [0.3, 0.4) is 0 Å². The minimum Gasteiger partial charge on any atom is -0.530 e. The fourth-order valence-electron chi connectivity index (χ4n) is 1.14. The van der Waals surface area contributed by atoms with Crippen LogP contribution in [0.4, 0.5) is 44.3 Å². The molecule has 0 aliphatic heterocycles. The molecule has 16 heteroatoms. The van der Waals surface area contributed by atoms with Crippen LogP contribution in [0.15, 0.2) is 0 Å². The van der Waals surface area contributed by atoms with Gasteiger partial charge in [-0.1, -0.05) is 0 Å². The van der Waals surface area contributed by atoms with Crippen molar-refractivity contribution in [3.63, 3.8) is 0 Å². The Hall–Kier alpha value is -0.410. The Morgan fingerprint density at radius 1 is 0.917 bits per heavy atom. The van der Waals surface area contributed by atoms with Gasteiger partial charge in [0.05, 0.1) is 5.75 Å². The van der Waals surface area contributed by atoms with Gasteiger partial charge in [-0.05, 0) is 6.42 Å². The van der Waals surface area contributed by atoms with E-state index in [1.165, 1.54) is 5.32 Å². The molecule has 0 unspecified atom stereocenters. The summed E-state index contributed by atoms with van der Waals surface area (Å²) in [6.07, 6.45) is -10.2. The van der Waals surface area contributed by atoms with Crippen LogP contribution in [-0.4, -0.2) is 50.1 Å². The third-order valence-corrected chi connectivity index (χ3v) is 4.23. The zero-order chi connectivity index (χ0) is 18.9. The van der Waals surface area contributed by atoms with Crippen molar-refractivity contribution in [1.82, 2.24) is 5.32 Å². The van der Waals surface area contributed by atoms with Gasteiger partial charge in [0.25, 0.3) is 0 Å². The van der Waals surface area contributed by atoms with Gasteiger partial charge in [0.1, 0.15) is 6.09 Å². The number of amides is 1. The molecule has 138 valence electrons. The summed E-state index contributed by atoms with van der Waals surface area (Å²) >= 11 is 0. The number of carbonyl (C=O) groups excluding carboxylic acids is 1. The molecule has 0 rings (SSSR count). The molecular weight excluding hydrogens is 400 g/mol. The van der Waals surface area contributed by atoms with Crippen molar-refractivity contribution in [3.8, 4) is 0 Å². The molecule has 0 spiro atoms. The van der Waals surface area contributed by atoms with Gasteiger partial charge in [-0.25, -0.2) is 8.42 Å². The summed E-state index contributed by atoms with van der Waals surface area (Å²) in [6.45, 7) is -0.904. The van der Waals surface area contributed by atoms with Crippen molar-refractivity contribution in [2.45, 2.75) is 29.7 Å². The fraction of sp³-hybridized carbons (Fsp3) is 0.875. The molecule has 0 bridgehead atoms. The average Bonchev–Trinajstić information content (AvgIpc) is 2.32. The number of hydrogen-bond donors (Lipinski definition) is 1. The summed E-state index contributed by atoms with van der Waals surface area (Å²) < 4.78 is 134. The first kappa shape index (κ1) is 25.8. The first-order valence-corrected chi connectivity index (χ1v) is 6.94. The van der Waals surface area contributed by atoms with Gasteiger partial charge in [0, 0.05) is 6.54 Å². The first-order valence-electron chi connectivity index (χ1n) is 5.29. The van der Waals surface area contributed by atoms with E-state index in [1.807, 2.05) is 0 Å². The minimum absolute atomic E-state index is 0. The van der Waals surface area contributed by atoms with Crippen molar-refractivity contribution in [2.75, 3.05) is 12.3 Å². The molecule has 24 heavy (non-hydrogen) atoms. The maximum absolute atomic E-state index is 13.1. The minimum atomic E-state index is -7.32. The fourth-order valence-corrected chi connectivity index (χ4v) is 2.44. The number of carbonyl (C=O) groups is 1. The van der Waals surface area contributed by atoms with E-state index in [1.54, 1.807) is 0 Å². The Labute approximate surface area is 150 Å². The number of nitrogens with one attached hydrogen (secondary N) is 1. The van der Waals surface area contributed by atoms with Crippen LogP contribution in [0.1, 0.15) is 6.42 Å². The Morgan fingerprint density at radius 3 is 1.67 bits per heavy atom. The summed E-state index contributed by atoms with van der Waals surface area (Å²) in [4.78, 5) is 9.86. The van der Waals surface area contributed by atoms with Gasteiger partial charge in [0.2, 0.25) is 9.84 Å². The van der Waals surface area contributed by atoms with Crippen LogP contribution in [0.2, 0.25) is 0 Å². The Morgan fingerprint density at radius 2 is 1.33 bits per heavy atom. The van der Waals surface area contributed by atoms with Crippen LogP contribution in [0.5, 0.6) is 0 Å². The van der Waals surface area contributed by atoms with Crippen molar-refractivity contribution in [2.24, 2.45) is 0 Å². The topological polar surface area (TPSA) is 86.3 Å². The zero-order valence-electron chi connectivity index (χ0n) is 11.6. The quantitative estimate of drug-likeness (QED) is 0.305. The number of carboxylic acid groups (broad SMARTS) is 1. The van der Waals surface area contributed by atoms with Crippen LogP contribution < -0.4 is 40.0 Å². The Balaban J connectivity index is 0. The standard InChI is InChI=1S/C8H8F9NO4S.Na/c9-5(10,7(13,14)15)6(11,12)8(16,17)23(21,22)3-1-2-18-4(19)20;/h18H,1-3H2,(H,19,20);/q;+1/p-1. The predicted octanol–water partition coefficient (Wildman–Crippen LogP) is -1.85. The molecule has 0 heterocycles. The van der Waals surface area contributed by atoms with Gasteiger partial charge in [-0.3, -0.25) is 0 Å². The van der Waals surface area contributed by atoms with Crippen LogP contribution >= 0.6 is 0 Å². The summed E-state index contributed by atoms with van der Waals surface area (Å²) in [6, 6.07) is 0. The second-order valence-electron chi connectivity index (χ2n) is 4.05. The van der Waals surface area contributed by atoms with E-state index < -0.39 is 57.9 Å². The van der Waals surface area contributed by atoms with Crippen LogP contribution in [0.25, 0.3) is 0 Å². The monoisotopic (exact) mass is 407 g/mol. The van der Waals surface area contributed by atoms with Crippen LogP contribution in [-0.2, 0) is 9.84 Å². The Kier molecular flexibility index (Phi) is 8.46. The number of alkyl halides is 9. The van der Waals surface area contributed by atoms with E-state index >= 15 is 0 Å². The third-order valence-electron chi connectivity index (χ3n) is 2.37.